The predicted octanol–water partition coefficient (Wildman–Crippen LogP) is 3.72. The van der Waals surface area contributed by atoms with E-state index in [1.807, 2.05) is 19.1 Å². The minimum absolute atomic E-state index is 0.0117. The normalized spacial score (nSPS) is 24.9. The summed E-state index contributed by atoms with van der Waals surface area (Å²) in [5.74, 6) is 0.553. The molecular weight excluding hydrogens is 244 g/mol. The van der Waals surface area contributed by atoms with Gasteiger partial charge in [-0.15, -0.1) is 0 Å². The van der Waals surface area contributed by atoms with Crippen LogP contribution in [-0.4, -0.2) is 8.42 Å². The van der Waals surface area contributed by atoms with Gasteiger partial charge in [-0.3, -0.25) is 0 Å². The number of hydrogen-bond donors (Lipinski definition) is 0. The van der Waals surface area contributed by atoms with Gasteiger partial charge < -0.3 is 0 Å². The first-order chi connectivity index (χ1) is 8.23. The Balaban J connectivity index is 2.34. The van der Waals surface area contributed by atoms with Crippen LogP contribution in [0.25, 0.3) is 0 Å². The molecule has 1 unspecified atom stereocenters. The highest BCUT2D eigenvalue weighted by Gasteiger charge is 2.41. The van der Waals surface area contributed by atoms with Crippen molar-refractivity contribution in [3.05, 3.63) is 40.8 Å². The van der Waals surface area contributed by atoms with Crippen molar-refractivity contribution in [2.45, 2.75) is 39.0 Å². The van der Waals surface area contributed by atoms with E-state index in [2.05, 4.69) is 20.8 Å². The Labute approximate surface area is 110 Å². The Morgan fingerprint density at radius 2 is 1.78 bits per heavy atom. The van der Waals surface area contributed by atoms with Gasteiger partial charge >= 0.3 is 0 Å². The van der Waals surface area contributed by atoms with Gasteiger partial charge in [0.1, 0.15) is 0 Å². The molecule has 1 saturated carbocycles. The van der Waals surface area contributed by atoms with Crippen LogP contribution in [0.3, 0.4) is 0 Å². The van der Waals surface area contributed by atoms with Gasteiger partial charge in [-0.05, 0) is 36.8 Å². The van der Waals surface area contributed by atoms with Gasteiger partial charge in [0.05, 0.1) is 4.90 Å². The molecule has 1 fully saturated rings. The fourth-order valence-electron chi connectivity index (χ4n) is 2.22. The highest BCUT2D eigenvalue weighted by molar-refractivity contribution is 7.94. The summed E-state index contributed by atoms with van der Waals surface area (Å²) in [7, 11) is -3.29. The van der Waals surface area contributed by atoms with E-state index in [9.17, 15) is 8.42 Å². The van der Waals surface area contributed by atoms with Crippen molar-refractivity contribution in [3.8, 4) is 0 Å². The molecule has 0 amide bonds. The van der Waals surface area contributed by atoms with Crippen LogP contribution in [-0.2, 0) is 9.84 Å². The zero-order valence-electron chi connectivity index (χ0n) is 11.4. The Hall–Kier alpha value is -1.09. The quantitative estimate of drug-likeness (QED) is 0.816. The van der Waals surface area contributed by atoms with E-state index < -0.39 is 9.84 Å². The summed E-state index contributed by atoms with van der Waals surface area (Å²) in [4.78, 5) is 0.385. The molecule has 3 heteroatoms. The van der Waals surface area contributed by atoms with Crippen LogP contribution in [0.1, 0.15) is 32.8 Å². The first kappa shape index (κ1) is 13.3. The van der Waals surface area contributed by atoms with Gasteiger partial charge in [0.15, 0.2) is 9.84 Å². The van der Waals surface area contributed by atoms with Crippen molar-refractivity contribution in [2.75, 3.05) is 0 Å². The Kier molecular flexibility index (Phi) is 3.14. The first-order valence-corrected chi connectivity index (χ1v) is 7.81. The minimum atomic E-state index is -3.29. The summed E-state index contributed by atoms with van der Waals surface area (Å²) in [6.07, 6.45) is 0.887. The van der Waals surface area contributed by atoms with Crippen molar-refractivity contribution < 1.29 is 8.42 Å². The molecule has 0 heterocycles. The van der Waals surface area contributed by atoms with E-state index in [4.69, 9.17) is 0 Å². The number of allylic oxidation sites excluding steroid dienone is 1. The van der Waals surface area contributed by atoms with E-state index in [1.54, 1.807) is 12.1 Å². The molecule has 0 aliphatic heterocycles. The summed E-state index contributed by atoms with van der Waals surface area (Å²) in [5.41, 5.74) is 2.12. The second-order valence-corrected chi connectivity index (χ2v) is 7.63. The molecule has 0 spiro atoms. The third-order valence-electron chi connectivity index (χ3n) is 4.23. The maximum absolute atomic E-state index is 12.3. The zero-order chi connectivity index (χ0) is 13.6. The van der Waals surface area contributed by atoms with Crippen LogP contribution in [0, 0.1) is 18.3 Å². The molecule has 2 nitrogen and oxygen atoms in total. The van der Waals surface area contributed by atoms with Crippen LogP contribution < -0.4 is 0 Å². The van der Waals surface area contributed by atoms with E-state index >= 15 is 0 Å². The minimum Gasteiger partial charge on any atom is -0.219 e. The number of sulfone groups is 1. The van der Waals surface area contributed by atoms with Crippen LogP contribution in [0.15, 0.2) is 40.1 Å². The summed E-state index contributed by atoms with van der Waals surface area (Å²) in [6, 6.07) is 7.02. The summed E-state index contributed by atoms with van der Waals surface area (Å²) in [5, 5.41) is 1.47. The average Bonchev–Trinajstić information content (AvgIpc) is 2.29. The fraction of sp³-hybridized carbons (Fsp3) is 0.467. The lowest BCUT2D eigenvalue weighted by Gasteiger charge is -2.45. The SMILES string of the molecule is Cc1ccc(S(=O)(=O)C=C2CC(C)C2(C)C)cc1. The first-order valence-electron chi connectivity index (χ1n) is 6.26. The lowest BCUT2D eigenvalue weighted by molar-refractivity contribution is 0.187. The highest BCUT2D eigenvalue weighted by atomic mass is 32.2. The second kappa shape index (κ2) is 4.23. The molecule has 0 radical (unpaired) electrons. The highest BCUT2D eigenvalue weighted by Crippen LogP contribution is 2.50. The molecule has 1 aromatic carbocycles. The van der Waals surface area contributed by atoms with Crippen LogP contribution in [0.2, 0.25) is 0 Å². The molecule has 0 aromatic heterocycles. The molecule has 1 aliphatic rings. The molecule has 2 rings (SSSR count). The van der Waals surface area contributed by atoms with Crippen molar-refractivity contribution >= 4 is 9.84 Å². The zero-order valence-corrected chi connectivity index (χ0v) is 12.2. The number of rotatable bonds is 2. The second-order valence-electron chi connectivity index (χ2n) is 5.83. The van der Waals surface area contributed by atoms with E-state index in [0.717, 1.165) is 17.6 Å². The lowest BCUT2D eigenvalue weighted by Crippen LogP contribution is -2.36. The van der Waals surface area contributed by atoms with Gasteiger partial charge in [-0.25, -0.2) is 8.42 Å². The topological polar surface area (TPSA) is 34.1 Å². The maximum atomic E-state index is 12.3. The van der Waals surface area contributed by atoms with Gasteiger partial charge in [0.2, 0.25) is 0 Å². The summed E-state index contributed by atoms with van der Waals surface area (Å²) >= 11 is 0. The van der Waals surface area contributed by atoms with Gasteiger partial charge in [0, 0.05) is 5.41 Å². The Morgan fingerprint density at radius 1 is 1.22 bits per heavy atom. The molecule has 0 bridgehead atoms. The van der Waals surface area contributed by atoms with Crippen LogP contribution in [0.5, 0.6) is 0 Å². The Morgan fingerprint density at radius 3 is 2.22 bits per heavy atom. The summed E-state index contributed by atoms with van der Waals surface area (Å²) < 4.78 is 24.5. The lowest BCUT2D eigenvalue weighted by atomic mass is 9.60. The number of hydrogen-bond acceptors (Lipinski definition) is 2. The van der Waals surface area contributed by atoms with Crippen molar-refractivity contribution in [2.24, 2.45) is 11.3 Å². The fourth-order valence-corrected chi connectivity index (χ4v) is 3.64. The predicted molar refractivity (Wildman–Crippen MR) is 74.0 cm³/mol. The van der Waals surface area contributed by atoms with Crippen LogP contribution >= 0.6 is 0 Å². The van der Waals surface area contributed by atoms with E-state index in [1.165, 1.54) is 5.41 Å². The third kappa shape index (κ3) is 2.24. The average molecular weight is 264 g/mol. The molecule has 0 N–H and O–H groups in total. The molecule has 18 heavy (non-hydrogen) atoms. The monoisotopic (exact) mass is 264 g/mol. The molecule has 98 valence electrons. The van der Waals surface area contributed by atoms with Gasteiger partial charge in [-0.2, -0.15) is 0 Å². The van der Waals surface area contributed by atoms with Crippen molar-refractivity contribution in [3.63, 3.8) is 0 Å². The molecule has 0 saturated heterocycles. The van der Waals surface area contributed by atoms with Crippen molar-refractivity contribution in [1.29, 1.82) is 0 Å². The largest absolute Gasteiger partial charge is 0.219 e. The van der Waals surface area contributed by atoms with Gasteiger partial charge in [-0.1, -0.05) is 44.0 Å². The van der Waals surface area contributed by atoms with Crippen LogP contribution in [0.4, 0.5) is 0 Å². The van der Waals surface area contributed by atoms with Gasteiger partial charge in [0.25, 0.3) is 0 Å². The van der Waals surface area contributed by atoms with Crippen molar-refractivity contribution in [1.82, 2.24) is 0 Å². The molecular formula is C15H20O2S. The van der Waals surface area contributed by atoms with E-state index in [0.29, 0.717) is 10.8 Å². The summed E-state index contributed by atoms with van der Waals surface area (Å²) in [6.45, 7) is 8.33. The Bertz CT molecular complexity index is 577. The molecule has 1 aliphatic carbocycles. The molecule has 1 atom stereocenters. The van der Waals surface area contributed by atoms with E-state index in [-0.39, 0.29) is 5.41 Å². The maximum Gasteiger partial charge on any atom is 0.199 e. The molecule has 1 aromatic rings. The number of benzene rings is 1. The smallest absolute Gasteiger partial charge is 0.199 e. The number of aryl methyl sites for hydroxylation is 1. The standard InChI is InChI=1S/C15H20O2S/c1-11-5-7-14(8-6-11)18(16,17)10-13-9-12(2)15(13,3)4/h5-8,10,12H,9H2,1-4H3. The third-order valence-corrected chi connectivity index (χ3v) is 5.76.